The number of benzene rings is 2. The van der Waals surface area contributed by atoms with Crippen LogP contribution in [0.25, 0.3) is 22.2 Å². The molecule has 1 aliphatic carbocycles. The van der Waals surface area contributed by atoms with E-state index >= 15 is 0 Å². The molecule has 4 heterocycles. The Kier molecular flexibility index (Phi) is 6.47. The minimum atomic E-state index is -3.16. The summed E-state index contributed by atoms with van der Waals surface area (Å²) in [7, 11) is 0. The van der Waals surface area contributed by atoms with Gasteiger partial charge in [0, 0.05) is 35.0 Å². The van der Waals surface area contributed by atoms with Crippen LogP contribution < -0.4 is 10.6 Å². The third kappa shape index (κ3) is 4.72. The number of carbonyl (C=O) groups is 3. The molecule has 43 heavy (non-hydrogen) atoms. The number of carbonyl (C=O) groups excluding carboxylic acids is 3. The van der Waals surface area contributed by atoms with Gasteiger partial charge in [0.2, 0.25) is 11.8 Å². The van der Waals surface area contributed by atoms with E-state index in [2.05, 4.69) is 20.6 Å². The number of hydrogen-bond acceptors (Lipinski definition) is 6. The lowest BCUT2D eigenvalue weighted by Crippen LogP contribution is -2.49. The molecule has 0 saturated carbocycles. The van der Waals surface area contributed by atoms with Crippen molar-refractivity contribution >= 4 is 28.8 Å². The number of aromatic amines is 1. The molecule has 4 aromatic rings. The maximum atomic E-state index is 14.9. The molecule has 0 bridgehead atoms. The number of pyridine rings is 1. The van der Waals surface area contributed by atoms with Crippen molar-refractivity contribution in [3.05, 3.63) is 89.2 Å². The Bertz CT molecular complexity index is 1730. The summed E-state index contributed by atoms with van der Waals surface area (Å²) in [6.07, 6.45) is 1.83. The molecule has 220 valence electrons. The van der Waals surface area contributed by atoms with Crippen LogP contribution in [0.1, 0.15) is 33.6 Å². The number of likely N-dealkylation sites (tertiary alicyclic amines) is 1. The summed E-state index contributed by atoms with van der Waals surface area (Å²) in [5, 5.41) is 5.45. The lowest BCUT2D eigenvalue weighted by Gasteiger charge is -2.24. The number of alkyl halides is 2. The van der Waals surface area contributed by atoms with Crippen LogP contribution >= 0.6 is 0 Å². The number of amides is 3. The van der Waals surface area contributed by atoms with E-state index in [1.165, 1.54) is 29.2 Å². The molecule has 1 atom stereocenters. The number of hydrogen-bond donors (Lipinski definition) is 3. The van der Waals surface area contributed by atoms with Crippen LogP contribution in [0.2, 0.25) is 0 Å². The van der Waals surface area contributed by atoms with E-state index in [9.17, 15) is 23.2 Å². The highest BCUT2D eigenvalue weighted by Gasteiger charge is 2.52. The van der Waals surface area contributed by atoms with E-state index in [0.717, 1.165) is 16.7 Å². The van der Waals surface area contributed by atoms with Crippen LogP contribution in [0.3, 0.4) is 0 Å². The summed E-state index contributed by atoms with van der Waals surface area (Å²) in [5.74, 6) is -5.74. The normalized spacial score (nSPS) is 19.4. The third-order valence-electron chi connectivity index (χ3n) is 8.20. The maximum absolute atomic E-state index is 14.9. The summed E-state index contributed by atoms with van der Waals surface area (Å²) in [4.78, 5) is 48.6. The number of nitrogens with one attached hydrogen (secondary N) is 3. The van der Waals surface area contributed by atoms with Gasteiger partial charge >= 0.3 is 0 Å². The molecule has 2 aromatic heterocycles. The van der Waals surface area contributed by atoms with E-state index < -0.39 is 36.1 Å². The topological polar surface area (TPSA) is 126 Å². The Hall–Kier alpha value is -4.68. The van der Waals surface area contributed by atoms with Gasteiger partial charge in [-0.25, -0.2) is 0 Å². The molecular weight excluding hydrogens is 560 g/mol. The quantitative estimate of drug-likeness (QED) is 0.319. The second-order valence-corrected chi connectivity index (χ2v) is 10.9. The van der Waals surface area contributed by atoms with Crippen LogP contribution in [0.5, 0.6) is 0 Å². The maximum Gasteiger partial charge on any atom is 0.299 e. The van der Waals surface area contributed by atoms with Crippen LogP contribution in [0.4, 0.5) is 8.78 Å². The van der Waals surface area contributed by atoms with Gasteiger partial charge in [-0.1, -0.05) is 30.3 Å². The van der Waals surface area contributed by atoms with Crippen molar-refractivity contribution in [2.75, 3.05) is 26.3 Å². The van der Waals surface area contributed by atoms with Gasteiger partial charge < -0.3 is 30.0 Å². The highest BCUT2D eigenvalue weighted by atomic mass is 19.3. The summed E-state index contributed by atoms with van der Waals surface area (Å²) < 4.78 is 41.4. The van der Waals surface area contributed by atoms with Crippen molar-refractivity contribution in [3.63, 3.8) is 0 Å². The molecular formula is C31H27F2N5O5. The number of halogens is 2. The first-order valence-electron chi connectivity index (χ1n) is 13.9. The lowest BCUT2D eigenvalue weighted by atomic mass is 10.0. The van der Waals surface area contributed by atoms with Gasteiger partial charge in [0.05, 0.1) is 43.9 Å². The van der Waals surface area contributed by atoms with Crippen LogP contribution in [-0.2, 0) is 31.5 Å². The molecule has 2 fully saturated rings. The highest BCUT2D eigenvalue weighted by molar-refractivity contribution is 5.99. The molecule has 12 heteroatoms. The average Bonchev–Trinajstić information content (AvgIpc) is 3.79. The molecule has 2 aromatic carbocycles. The molecule has 0 radical (unpaired) electrons. The fraction of sp³-hybridized carbons (Fsp3) is 0.290. The fourth-order valence-corrected chi connectivity index (χ4v) is 6.13. The first-order chi connectivity index (χ1) is 20.7. The lowest BCUT2D eigenvalue weighted by molar-refractivity contribution is -0.152. The van der Waals surface area contributed by atoms with Gasteiger partial charge in [-0.15, -0.1) is 0 Å². The van der Waals surface area contributed by atoms with E-state index in [0.29, 0.717) is 18.8 Å². The van der Waals surface area contributed by atoms with Crippen molar-refractivity contribution in [3.8, 4) is 11.1 Å². The first kappa shape index (κ1) is 27.2. The van der Waals surface area contributed by atoms with Crippen molar-refractivity contribution in [2.24, 2.45) is 0 Å². The molecule has 2 saturated heterocycles. The van der Waals surface area contributed by atoms with E-state index in [-0.39, 0.29) is 47.7 Å². The Morgan fingerprint density at radius 3 is 2.58 bits per heavy atom. The van der Waals surface area contributed by atoms with Gasteiger partial charge in [-0.3, -0.25) is 19.4 Å². The van der Waals surface area contributed by atoms with Crippen molar-refractivity contribution in [1.82, 2.24) is 25.5 Å². The predicted molar refractivity (Wildman–Crippen MR) is 150 cm³/mol. The molecule has 10 nitrogen and oxygen atoms in total. The van der Waals surface area contributed by atoms with Crippen molar-refractivity contribution in [1.29, 1.82) is 0 Å². The minimum absolute atomic E-state index is 0.0286. The second kappa shape index (κ2) is 10.2. The smallest absolute Gasteiger partial charge is 0.299 e. The third-order valence-corrected chi connectivity index (χ3v) is 8.20. The molecule has 0 unspecified atom stereocenters. The van der Waals surface area contributed by atoms with Gasteiger partial charge in [-0.2, -0.15) is 8.78 Å². The van der Waals surface area contributed by atoms with Crippen molar-refractivity contribution < 1.29 is 32.6 Å². The van der Waals surface area contributed by atoms with E-state index in [4.69, 9.17) is 9.47 Å². The minimum Gasteiger partial charge on any atom is -0.356 e. The van der Waals surface area contributed by atoms with Gasteiger partial charge in [0.15, 0.2) is 5.79 Å². The highest BCUT2D eigenvalue weighted by Crippen LogP contribution is 2.50. The molecule has 7 rings (SSSR count). The summed E-state index contributed by atoms with van der Waals surface area (Å²) in [6, 6.07) is 14.8. The fourth-order valence-electron chi connectivity index (χ4n) is 6.13. The van der Waals surface area contributed by atoms with Gasteiger partial charge in [0.1, 0.15) is 6.04 Å². The molecule has 3 aliphatic rings. The number of H-pyrrole nitrogens is 1. The molecule has 1 spiro atoms. The zero-order valence-electron chi connectivity index (χ0n) is 22.9. The predicted octanol–water partition coefficient (Wildman–Crippen LogP) is 3.07. The molecule has 3 N–H and O–H groups in total. The standard InChI is InChI=1S/C31H27F2N5O5/c32-31(33)22-5-2-1-4-20(22)21-12-18(7-8-23(21)31)28(40)36-16-27(39)38-17-30(42-10-11-43-30)14-26(38)29(41)35-15-19-13-25-24(37-19)6-3-9-34-25/h1-9,12-13,26,37H,10-11,14-17H2,(H,35,41)(H,36,40)/t26-/m0/s1. The molecule has 3 amide bonds. The van der Waals surface area contributed by atoms with Crippen LogP contribution in [0, 0.1) is 0 Å². The summed E-state index contributed by atoms with van der Waals surface area (Å²) in [5.41, 5.74) is 2.87. The Morgan fingerprint density at radius 2 is 1.77 bits per heavy atom. The number of aromatic nitrogens is 2. The van der Waals surface area contributed by atoms with Gasteiger partial charge in [0.25, 0.3) is 11.8 Å². The summed E-state index contributed by atoms with van der Waals surface area (Å²) in [6.45, 7) is 0.502. The number of rotatable bonds is 6. The Morgan fingerprint density at radius 1 is 0.977 bits per heavy atom. The van der Waals surface area contributed by atoms with Crippen LogP contribution in [-0.4, -0.2) is 70.7 Å². The molecule has 2 aliphatic heterocycles. The Balaban J connectivity index is 1.04. The van der Waals surface area contributed by atoms with Crippen LogP contribution in [0.15, 0.2) is 66.9 Å². The first-order valence-corrected chi connectivity index (χ1v) is 13.9. The zero-order chi connectivity index (χ0) is 29.8. The largest absolute Gasteiger partial charge is 0.356 e. The zero-order valence-corrected chi connectivity index (χ0v) is 22.9. The van der Waals surface area contributed by atoms with E-state index in [1.807, 2.05) is 18.2 Å². The monoisotopic (exact) mass is 587 g/mol. The summed E-state index contributed by atoms with van der Waals surface area (Å²) >= 11 is 0. The second-order valence-electron chi connectivity index (χ2n) is 10.9. The number of ether oxygens (including phenoxy) is 2. The number of nitrogens with zero attached hydrogens (tertiary/aromatic N) is 2. The average molecular weight is 588 g/mol. The van der Waals surface area contributed by atoms with Gasteiger partial charge in [-0.05, 0) is 41.5 Å². The number of fused-ring (bicyclic) bond motifs is 4. The van der Waals surface area contributed by atoms with E-state index in [1.54, 1.807) is 24.4 Å². The Labute approximate surface area is 244 Å². The SMILES string of the molecule is O=C(NCC(=O)N1CC2(C[C@H]1C(=O)NCc1cc3ncccc3[nH]1)OCCO2)c1ccc2c(c1)-c1ccccc1C2(F)F. The van der Waals surface area contributed by atoms with Crippen molar-refractivity contribution in [2.45, 2.75) is 30.7 Å².